The third kappa shape index (κ3) is 4.62. The number of Topliss-reactive ketones (excluding diaryl/α,β-unsaturated/α-hetero) is 1. The zero-order chi connectivity index (χ0) is 25.1. The Morgan fingerprint density at radius 3 is 2.57 bits per heavy atom. The lowest BCUT2D eigenvalue weighted by atomic mass is 9.79. The number of ketones is 1. The number of rotatable bonds is 6. The molecule has 2 atom stereocenters. The van der Waals surface area contributed by atoms with Gasteiger partial charge in [-0.05, 0) is 18.8 Å². The molecule has 35 heavy (non-hydrogen) atoms. The van der Waals surface area contributed by atoms with Crippen LogP contribution in [0, 0.1) is 17.7 Å². The normalized spacial score (nSPS) is 20.9. The highest BCUT2D eigenvalue weighted by atomic mass is 19.1. The minimum Gasteiger partial charge on any atom is -0.403 e. The summed E-state index contributed by atoms with van der Waals surface area (Å²) in [6.45, 7) is 6.82. The molecule has 2 fully saturated rings. The quantitative estimate of drug-likeness (QED) is 0.281. The van der Waals surface area contributed by atoms with Crippen LogP contribution in [0.3, 0.4) is 0 Å². The maximum absolute atomic E-state index is 14.7. The number of piperazine rings is 1. The Morgan fingerprint density at radius 1 is 1.23 bits per heavy atom. The van der Waals surface area contributed by atoms with E-state index in [0.29, 0.717) is 19.0 Å². The summed E-state index contributed by atoms with van der Waals surface area (Å²) < 4.78 is 14.7. The van der Waals surface area contributed by atoms with E-state index in [2.05, 4.69) is 28.7 Å². The summed E-state index contributed by atoms with van der Waals surface area (Å²) in [6.07, 6.45) is 9.01. The second-order valence-corrected chi connectivity index (χ2v) is 9.02. The summed E-state index contributed by atoms with van der Waals surface area (Å²) in [4.78, 5) is 49.1. The molecule has 2 unspecified atom stereocenters. The summed E-state index contributed by atoms with van der Waals surface area (Å²) in [5.41, 5.74) is 5.51. The molecular weight excluding hydrogens is 453 g/mol. The number of nitrogens with one attached hydrogen (secondary N) is 1. The van der Waals surface area contributed by atoms with Crippen LogP contribution in [0.2, 0.25) is 0 Å². The highest BCUT2D eigenvalue weighted by Gasteiger charge is 2.35. The standard InChI is InChI=1S/C24H30FN7O3/c1-15-5-3-4-6-16(15)23(34)30-9-11-31(12-10-30)24(35)21(33)17-13-28-20-19(17)18(25)14-29-22(20)32(27-2)8-7-26/h7-8,13-16,28H,2-6,9-12,26H2,1H3/b8-7-. The molecule has 0 spiro atoms. The Hall–Kier alpha value is -3.76. The van der Waals surface area contributed by atoms with Crippen molar-refractivity contribution in [2.75, 3.05) is 31.2 Å². The number of pyridine rings is 1. The molecule has 2 aromatic rings. The number of anilines is 1. The van der Waals surface area contributed by atoms with Crippen molar-refractivity contribution in [1.29, 1.82) is 0 Å². The number of amides is 2. The molecule has 186 valence electrons. The van der Waals surface area contributed by atoms with E-state index in [9.17, 15) is 18.8 Å². The van der Waals surface area contributed by atoms with Gasteiger partial charge < -0.3 is 20.5 Å². The zero-order valence-corrected chi connectivity index (χ0v) is 19.7. The van der Waals surface area contributed by atoms with Gasteiger partial charge in [0.2, 0.25) is 5.91 Å². The molecule has 0 radical (unpaired) electrons. The molecule has 0 aromatic carbocycles. The maximum Gasteiger partial charge on any atom is 0.295 e. The van der Waals surface area contributed by atoms with E-state index in [1.54, 1.807) is 4.90 Å². The topological polar surface area (TPSA) is 128 Å². The Kier molecular flexibility index (Phi) is 7.13. The van der Waals surface area contributed by atoms with Gasteiger partial charge in [-0.2, -0.15) is 5.10 Å². The molecule has 4 rings (SSSR count). The van der Waals surface area contributed by atoms with Gasteiger partial charge in [-0.1, -0.05) is 19.8 Å². The lowest BCUT2D eigenvalue weighted by molar-refractivity contribution is -0.142. The number of halogens is 1. The highest BCUT2D eigenvalue weighted by Crippen LogP contribution is 2.32. The monoisotopic (exact) mass is 483 g/mol. The van der Waals surface area contributed by atoms with E-state index < -0.39 is 17.5 Å². The van der Waals surface area contributed by atoms with Crippen molar-refractivity contribution in [3.8, 4) is 0 Å². The minimum absolute atomic E-state index is 0.0309. The van der Waals surface area contributed by atoms with Crippen molar-refractivity contribution >= 4 is 41.0 Å². The first-order valence-corrected chi connectivity index (χ1v) is 11.8. The fourth-order valence-corrected chi connectivity index (χ4v) is 5.02. The number of carbonyl (C=O) groups excluding carboxylic acids is 3. The molecule has 2 aliphatic rings. The van der Waals surface area contributed by atoms with Crippen molar-refractivity contribution in [2.24, 2.45) is 22.7 Å². The van der Waals surface area contributed by atoms with E-state index in [-0.39, 0.29) is 47.2 Å². The van der Waals surface area contributed by atoms with E-state index >= 15 is 0 Å². The Labute approximate surface area is 202 Å². The fraction of sp³-hybridized carbons (Fsp3) is 0.458. The molecule has 1 saturated heterocycles. The van der Waals surface area contributed by atoms with Crippen LogP contribution in [-0.2, 0) is 9.59 Å². The Bertz CT molecular complexity index is 1170. The molecule has 1 aliphatic heterocycles. The van der Waals surface area contributed by atoms with Gasteiger partial charge in [-0.15, -0.1) is 0 Å². The largest absolute Gasteiger partial charge is 0.403 e. The van der Waals surface area contributed by atoms with Crippen LogP contribution >= 0.6 is 0 Å². The smallest absolute Gasteiger partial charge is 0.295 e. The zero-order valence-electron chi connectivity index (χ0n) is 19.7. The number of hydrazone groups is 1. The lowest BCUT2D eigenvalue weighted by Gasteiger charge is -2.38. The molecular formula is C24H30FN7O3. The molecule has 11 heteroatoms. The van der Waals surface area contributed by atoms with Crippen LogP contribution < -0.4 is 10.7 Å². The van der Waals surface area contributed by atoms with Crippen LogP contribution in [0.25, 0.3) is 10.9 Å². The van der Waals surface area contributed by atoms with Crippen molar-refractivity contribution in [3.05, 3.63) is 36.2 Å². The van der Waals surface area contributed by atoms with Crippen molar-refractivity contribution in [2.45, 2.75) is 32.6 Å². The number of carbonyl (C=O) groups is 3. The van der Waals surface area contributed by atoms with Crippen LogP contribution in [0.1, 0.15) is 43.0 Å². The first kappa shape index (κ1) is 24.4. The molecule has 3 heterocycles. The number of nitrogens with two attached hydrogens (primary N) is 1. The first-order chi connectivity index (χ1) is 16.9. The third-order valence-electron chi connectivity index (χ3n) is 6.99. The number of fused-ring (bicyclic) bond motifs is 1. The van der Waals surface area contributed by atoms with Gasteiger partial charge in [-0.3, -0.25) is 14.4 Å². The minimum atomic E-state index is -0.833. The molecule has 1 saturated carbocycles. The average Bonchev–Trinajstić information content (AvgIpc) is 3.33. The first-order valence-electron chi connectivity index (χ1n) is 11.8. The van der Waals surface area contributed by atoms with E-state index in [1.165, 1.54) is 28.5 Å². The number of hydrogen-bond acceptors (Lipinski definition) is 7. The highest BCUT2D eigenvalue weighted by molar-refractivity contribution is 6.45. The fourth-order valence-electron chi connectivity index (χ4n) is 5.02. The molecule has 2 amide bonds. The van der Waals surface area contributed by atoms with Crippen molar-refractivity contribution in [1.82, 2.24) is 19.8 Å². The number of nitrogens with zero attached hydrogens (tertiary/aromatic N) is 5. The van der Waals surface area contributed by atoms with Gasteiger partial charge in [0.25, 0.3) is 11.7 Å². The molecule has 3 N–H and O–H groups in total. The summed E-state index contributed by atoms with van der Waals surface area (Å²) in [5.74, 6) is -1.61. The maximum atomic E-state index is 14.7. The molecule has 10 nitrogen and oxygen atoms in total. The number of aromatic nitrogens is 2. The van der Waals surface area contributed by atoms with Gasteiger partial charge in [-0.25, -0.2) is 14.4 Å². The van der Waals surface area contributed by atoms with Gasteiger partial charge >= 0.3 is 0 Å². The molecule has 1 aliphatic carbocycles. The second kappa shape index (κ2) is 10.2. The summed E-state index contributed by atoms with van der Waals surface area (Å²) in [5, 5.41) is 4.93. The Morgan fingerprint density at radius 2 is 1.91 bits per heavy atom. The van der Waals surface area contributed by atoms with E-state index in [1.807, 2.05) is 0 Å². The van der Waals surface area contributed by atoms with Crippen LogP contribution in [0.5, 0.6) is 0 Å². The third-order valence-corrected chi connectivity index (χ3v) is 6.99. The average molecular weight is 484 g/mol. The van der Waals surface area contributed by atoms with Crippen LogP contribution in [0.4, 0.5) is 10.2 Å². The van der Waals surface area contributed by atoms with Gasteiger partial charge in [0, 0.05) is 57.4 Å². The number of H-pyrrole nitrogens is 1. The van der Waals surface area contributed by atoms with Crippen molar-refractivity contribution in [3.63, 3.8) is 0 Å². The predicted octanol–water partition coefficient (Wildman–Crippen LogP) is 2.23. The van der Waals surface area contributed by atoms with Crippen molar-refractivity contribution < 1.29 is 18.8 Å². The summed E-state index contributed by atoms with van der Waals surface area (Å²) in [7, 11) is 0. The van der Waals surface area contributed by atoms with Crippen LogP contribution in [-0.4, -0.2) is 70.3 Å². The number of aromatic amines is 1. The molecule has 2 aromatic heterocycles. The van der Waals surface area contributed by atoms with Crippen LogP contribution in [0.15, 0.2) is 29.9 Å². The van der Waals surface area contributed by atoms with Gasteiger partial charge in [0.05, 0.1) is 22.7 Å². The van der Waals surface area contributed by atoms with Gasteiger partial charge in [0.15, 0.2) is 11.6 Å². The summed E-state index contributed by atoms with van der Waals surface area (Å²) >= 11 is 0. The van der Waals surface area contributed by atoms with Gasteiger partial charge in [0.1, 0.15) is 0 Å². The molecule has 0 bridgehead atoms. The van der Waals surface area contributed by atoms with E-state index in [4.69, 9.17) is 5.73 Å². The SMILES string of the molecule is C=NN(/C=C\N)c1ncc(F)c2c(C(=O)C(=O)N3CCN(C(=O)C4CCCCC4C)CC3)c[nH]c12. The lowest BCUT2D eigenvalue weighted by Crippen LogP contribution is -2.54. The number of hydrogen-bond donors (Lipinski definition) is 2. The second-order valence-electron chi connectivity index (χ2n) is 9.02. The Balaban J connectivity index is 1.49. The predicted molar refractivity (Wildman–Crippen MR) is 130 cm³/mol. The summed E-state index contributed by atoms with van der Waals surface area (Å²) in [6, 6.07) is 0. The van der Waals surface area contributed by atoms with E-state index in [0.717, 1.165) is 31.9 Å².